The van der Waals surface area contributed by atoms with Gasteiger partial charge >= 0.3 is 12.0 Å². The molecule has 0 spiro atoms. The molecule has 0 saturated carbocycles. The van der Waals surface area contributed by atoms with Crippen LogP contribution in [-0.4, -0.2) is 41.6 Å². The van der Waals surface area contributed by atoms with Gasteiger partial charge in [-0.15, -0.1) is 6.58 Å². The maximum atomic E-state index is 11.7. The monoisotopic (exact) mass is 262 g/mol. The van der Waals surface area contributed by atoms with E-state index in [1.165, 1.54) is 4.90 Å². The molecular formula is C14H18N2O3. The maximum Gasteiger partial charge on any atom is 0.326 e. The van der Waals surface area contributed by atoms with E-state index in [1.54, 1.807) is 13.1 Å². The standard InChI is InChI=1S/C14H18N2O3/c1-3-9-16(2)14(19)15-12(13(17)18)10-11-7-5-4-6-8-11/h3-8,12H,1,9-10H2,2H3,(H,15,19)(H,17,18). The zero-order valence-corrected chi connectivity index (χ0v) is 10.9. The Balaban J connectivity index is 2.66. The molecule has 0 bridgehead atoms. The fourth-order valence-corrected chi connectivity index (χ4v) is 1.59. The third-order valence-corrected chi connectivity index (χ3v) is 2.63. The third-order valence-electron chi connectivity index (χ3n) is 2.63. The lowest BCUT2D eigenvalue weighted by molar-refractivity contribution is -0.139. The number of carboxylic acid groups (broad SMARTS) is 1. The van der Waals surface area contributed by atoms with E-state index >= 15 is 0 Å². The molecule has 0 aliphatic rings. The highest BCUT2D eigenvalue weighted by molar-refractivity contribution is 5.82. The minimum atomic E-state index is -1.05. The molecule has 0 heterocycles. The lowest BCUT2D eigenvalue weighted by Gasteiger charge is -2.20. The molecular weight excluding hydrogens is 244 g/mol. The summed E-state index contributed by atoms with van der Waals surface area (Å²) < 4.78 is 0. The molecule has 102 valence electrons. The van der Waals surface area contributed by atoms with Crippen LogP contribution in [0.3, 0.4) is 0 Å². The van der Waals surface area contributed by atoms with Crippen LogP contribution in [0.5, 0.6) is 0 Å². The van der Waals surface area contributed by atoms with Crippen molar-refractivity contribution in [3.63, 3.8) is 0 Å². The minimum Gasteiger partial charge on any atom is -0.480 e. The summed E-state index contributed by atoms with van der Waals surface area (Å²) >= 11 is 0. The maximum absolute atomic E-state index is 11.7. The fraction of sp³-hybridized carbons (Fsp3) is 0.286. The summed E-state index contributed by atoms with van der Waals surface area (Å²) in [5.74, 6) is -1.05. The molecule has 0 aromatic heterocycles. The molecule has 0 fully saturated rings. The van der Waals surface area contributed by atoms with Gasteiger partial charge in [-0.1, -0.05) is 36.4 Å². The van der Waals surface area contributed by atoms with Crippen LogP contribution in [0, 0.1) is 0 Å². The molecule has 1 atom stereocenters. The zero-order valence-electron chi connectivity index (χ0n) is 10.9. The first-order valence-corrected chi connectivity index (χ1v) is 5.94. The highest BCUT2D eigenvalue weighted by Crippen LogP contribution is 2.04. The fourth-order valence-electron chi connectivity index (χ4n) is 1.59. The molecule has 0 aliphatic carbocycles. The second-order valence-electron chi connectivity index (χ2n) is 4.20. The van der Waals surface area contributed by atoms with E-state index in [-0.39, 0.29) is 6.42 Å². The number of benzene rings is 1. The lowest BCUT2D eigenvalue weighted by atomic mass is 10.1. The van der Waals surface area contributed by atoms with Crippen molar-refractivity contribution in [1.29, 1.82) is 0 Å². The van der Waals surface area contributed by atoms with Crippen LogP contribution in [-0.2, 0) is 11.2 Å². The number of amides is 2. The van der Waals surface area contributed by atoms with Crippen LogP contribution in [0.2, 0.25) is 0 Å². The Morgan fingerprint density at radius 2 is 2.05 bits per heavy atom. The van der Waals surface area contributed by atoms with Crippen LogP contribution >= 0.6 is 0 Å². The summed E-state index contributed by atoms with van der Waals surface area (Å²) in [5.41, 5.74) is 0.863. The second kappa shape index (κ2) is 7.20. The van der Waals surface area contributed by atoms with Gasteiger partial charge in [0.05, 0.1) is 0 Å². The van der Waals surface area contributed by atoms with E-state index in [0.717, 1.165) is 5.56 Å². The number of aliphatic carboxylic acids is 1. The number of carboxylic acids is 1. The van der Waals surface area contributed by atoms with E-state index in [4.69, 9.17) is 5.11 Å². The van der Waals surface area contributed by atoms with Crippen molar-refractivity contribution in [3.8, 4) is 0 Å². The molecule has 1 aromatic rings. The quantitative estimate of drug-likeness (QED) is 0.763. The molecule has 0 radical (unpaired) electrons. The topological polar surface area (TPSA) is 69.6 Å². The lowest BCUT2D eigenvalue weighted by Crippen LogP contribution is -2.47. The zero-order chi connectivity index (χ0) is 14.3. The summed E-state index contributed by atoms with van der Waals surface area (Å²) in [7, 11) is 1.58. The number of hydrogen-bond acceptors (Lipinski definition) is 2. The Hall–Kier alpha value is -2.30. The van der Waals surface area contributed by atoms with E-state index in [2.05, 4.69) is 11.9 Å². The second-order valence-corrected chi connectivity index (χ2v) is 4.20. The van der Waals surface area contributed by atoms with Gasteiger partial charge in [-0.3, -0.25) is 0 Å². The number of carbonyl (C=O) groups excluding carboxylic acids is 1. The highest BCUT2D eigenvalue weighted by atomic mass is 16.4. The van der Waals surface area contributed by atoms with E-state index in [1.807, 2.05) is 30.3 Å². The number of urea groups is 1. The van der Waals surface area contributed by atoms with Gasteiger partial charge in [0, 0.05) is 20.0 Å². The first kappa shape index (κ1) is 14.8. The number of likely N-dealkylation sites (N-methyl/N-ethyl adjacent to an activating group) is 1. The molecule has 2 amide bonds. The first-order chi connectivity index (χ1) is 9.04. The number of hydrogen-bond donors (Lipinski definition) is 2. The molecule has 5 nitrogen and oxygen atoms in total. The Labute approximate surface area is 112 Å². The summed E-state index contributed by atoms with van der Waals surface area (Å²) in [6.45, 7) is 3.89. The summed E-state index contributed by atoms with van der Waals surface area (Å²) in [6, 6.07) is 7.81. The van der Waals surface area contributed by atoms with Crippen LogP contribution in [0.25, 0.3) is 0 Å². The third kappa shape index (κ3) is 4.83. The van der Waals surface area contributed by atoms with E-state index in [0.29, 0.717) is 6.54 Å². The van der Waals surface area contributed by atoms with Crippen molar-refractivity contribution < 1.29 is 14.7 Å². The van der Waals surface area contributed by atoms with E-state index < -0.39 is 18.0 Å². The predicted octanol–water partition coefficient (Wildman–Crippen LogP) is 1.51. The molecule has 2 N–H and O–H groups in total. The van der Waals surface area contributed by atoms with E-state index in [9.17, 15) is 9.59 Å². The number of nitrogens with one attached hydrogen (secondary N) is 1. The molecule has 0 aliphatic heterocycles. The average Bonchev–Trinajstić information content (AvgIpc) is 2.39. The Morgan fingerprint density at radius 3 is 2.58 bits per heavy atom. The summed E-state index contributed by atoms with van der Waals surface area (Å²) in [6.07, 6.45) is 1.83. The average molecular weight is 262 g/mol. The predicted molar refractivity (Wildman–Crippen MR) is 72.9 cm³/mol. The van der Waals surface area contributed by atoms with Gasteiger partial charge < -0.3 is 15.3 Å². The van der Waals surface area contributed by atoms with Crippen LogP contribution in [0.4, 0.5) is 4.79 Å². The largest absolute Gasteiger partial charge is 0.480 e. The molecule has 0 saturated heterocycles. The van der Waals surface area contributed by atoms with Gasteiger partial charge in [-0.25, -0.2) is 9.59 Å². The van der Waals surface area contributed by atoms with Crippen molar-refractivity contribution >= 4 is 12.0 Å². The van der Waals surface area contributed by atoms with Gasteiger partial charge in [0.25, 0.3) is 0 Å². The number of carbonyl (C=O) groups is 2. The normalized spacial score (nSPS) is 11.4. The van der Waals surface area contributed by atoms with Crippen LogP contribution in [0.15, 0.2) is 43.0 Å². The molecule has 1 unspecified atom stereocenters. The van der Waals surface area contributed by atoms with Crippen molar-refractivity contribution in [2.24, 2.45) is 0 Å². The van der Waals surface area contributed by atoms with Crippen molar-refractivity contribution in [2.75, 3.05) is 13.6 Å². The smallest absolute Gasteiger partial charge is 0.326 e. The van der Waals surface area contributed by atoms with Crippen molar-refractivity contribution in [2.45, 2.75) is 12.5 Å². The van der Waals surface area contributed by atoms with Gasteiger partial charge in [0.15, 0.2) is 0 Å². The molecule has 19 heavy (non-hydrogen) atoms. The minimum absolute atomic E-state index is 0.254. The SMILES string of the molecule is C=CCN(C)C(=O)NC(Cc1ccccc1)C(=O)O. The van der Waals surface area contributed by atoms with Gasteiger partial charge in [-0.05, 0) is 5.56 Å². The molecule has 1 rings (SSSR count). The van der Waals surface area contributed by atoms with Crippen LogP contribution < -0.4 is 5.32 Å². The van der Waals surface area contributed by atoms with Crippen molar-refractivity contribution in [3.05, 3.63) is 48.6 Å². The van der Waals surface area contributed by atoms with Gasteiger partial charge in [0.2, 0.25) is 0 Å². The van der Waals surface area contributed by atoms with Crippen molar-refractivity contribution in [1.82, 2.24) is 10.2 Å². The Morgan fingerprint density at radius 1 is 1.42 bits per heavy atom. The summed E-state index contributed by atoms with van der Waals surface area (Å²) in [5, 5.41) is 11.6. The first-order valence-electron chi connectivity index (χ1n) is 5.94. The van der Waals surface area contributed by atoms with Crippen LogP contribution in [0.1, 0.15) is 5.56 Å². The Kier molecular flexibility index (Phi) is 5.60. The van der Waals surface area contributed by atoms with Gasteiger partial charge in [-0.2, -0.15) is 0 Å². The van der Waals surface area contributed by atoms with Gasteiger partial charge in [0.1, 0.15) is 6.04 Å². The molecule has 1 aromatic carbocycles. The number of rotatable bonds is 6. The number of nitrogens with zero attached hydrogens (tertiary/aromatic N) is 1. The highest BCUT2D eigenvalue weighted by Gasteiger charge is 2.21. The Bertz CT molecular complexity index is 445. The summed E-state index contributed by atoms with van der Waals surface area (Å²) in [4.78, 5) is 24.3. The molecule has 5 heteroatoms.